The van der Waals surface area contributed by atoms with Crippen molar-refractivity contribution in [1.82, 2.24) is 4.90 Å². The molecule has 4 heteroatoms. The van der Waals surface area contributed by atoms with Crippen LogP contribution in [-0.2, 0) is 4.79 Å². The summed E-state index contributed by atoms with van der Waals surface area (Å²) in [6.45, 7) is 8.17. The highest BCUT2D eigenvalue weighted by Crippen LogP contribution is 2.18. The van der Waals surface area contributed by atoms with Crippen LogP contribution in [0.3, 0.4) is 0 Å². The summed E-state index contributed by atoms with van der Waals surface area (Å²) in [6.07, 6.45) is 0. The lowest BCUT2D eigenvalue weighted by molar-refractivity contribution is -0.129. The summed E-state index contributed by atoms with van der Waals surface area (Å²) in [5.74, 6) is 0.0767. The van der Waals surface area contributed by atoms with E-state index < -0.39 is 0 Å². The molecular formula is C15H25N3O. The Labute approximate surface area is 116 Å². The van der Waals surface area contributed by atoms with Crippen molar-refractivity contribution >= 4 is 17.3 Å². The van der Waals surface area contributed by atoms with Crippen LogP contribution < -0.4 is 10.2 Å². The minimum atomic E-state index is -0.214. The molecule has 1 aromatic rings. The Kier molecular flexibility index (Phi) is 5.67. The molecule has 0 spiro atoms. The van der Waals surface area contributed by atoms with Crippen molar-refractivity contribution in [3.8, 4) is 0 Å². The number of rotatable bonds is 6. The first-order valence-electron chi connectivity index (χ1n) is 6.82. The molecule has 1 rings (SSSR count). The number of hydrogen-bond acceptors (Lipinski definition) is 3. The fourth-order valence-electron chi connectivity index (χ4n) is 2.06. The number of carbonyl (C=O) groups excluding carboxylic acids is 1. The number of benzene rings is 1. The van der Waals surface area contributed by atoms with Crippen LogP contribution >= 0.6 is 0 Å². The molecule has 106 valence electrons. The molecule has 0 aliphatic heterocycles. The van der Waals surface area contributed by atoms with Gasteiger partial charge in [0.1, 0.15) is 6.04 Å². The maximum Gasteiger partial charge on any atom is 0.244 e. The number of likely N-dealkylation sites (N-methyl/N-ethyl adjacent to an activating group) is 1. The predicted octanol–water partition coefficient (Wildman–Crippen LogP) is 2.42. The molecule has 19 heavy (non-hydrogen) atoms. The summed E-state index contributed by atoms with van der Waals surface area (Å²) < 4.78 is 0. The lowest BCUT2D eigenvalue weighted by atomic mass is 10.2. The van der Waals surface area contributed by atoms with E-state index in [9.17, 15) is 4.79 Å². The van der Waals surface area contributed by atoms with Gasteiger partial charge in [0, 0.05) is 38.6 Å². The molecule has 0 aliphatic rings. The third-order valence-corrected chi connectivity index (χ3v) is 3.19. The summed E-state index contributed by atoms with van der Waals surface area (Å²) in [4.78, 5) is 15.7. The first kappa shape index (κ1) is 15.3. The lowest BCUT2D eigenvalue weighted by Crippen LogP contribution is -2.36. The second-order valence-electron chi connectivity index (χ2n) is 4.82. The zero-order valence-electron chi connectivity index (χ0n) is 12.6. The van der Waals surface area contributed by atoms with Crippen LogP contribution in [0.25, 0.3) is 0 Å². The molecule has 0 aromatic heterocycles. The van der Waals surface area contributed by atoms with Crippen molar-refractivity contribution in [3.63, 3.8) is 0 Å². The van der Waals surface area contributed by atoms with Gasteiger partial charge in [-0.1, -0.05) is 0 Å². The molecule has 1 N–H and O–H groups in total. The largest absolute Gasteiger partial charge is 0.374 e. The van der Waals surface area contributed by atoms with E-state index in [0.717, 1.165) is 18.8 Å². The summed E-state index contributed by atoms with van der Waals surface area (Å²) in [5, 5.41) is 3.22. The van der Waals surface area contributed by atoms with Crippen molar-refractivity contribution in [2.75, 3.05) is 37.4 Å². The molecule has 1 amide bonds. The van der Waals surface area contributed by atoms with Crippen molar-refractivity contribution in [1.29, 1.82) is 0 Å². The van der Waals surface area contributed by atoms with Crippen molar-refractivity contribution in [3.05, 3.63) is 24.3 Å². The van der Waals surface area contributed by atoms with Crippen LogP contribution in [0.5, 0.6) is 0 Å². The first-order valence-corrected chi connectivity index (χ1v) is 6.82. The molecule has 0 saturated heterocycles. The Bertz CT molecular complexity index is 396. The highest BCUT2D eigenvalue weighted by molar-refractivity contribution is 5.83. The van der Waals surface area contributed by atoms with Gasteiger partial charge >= 0.3 is 0 Å². The highest BCUT2D eigenvalue weighted by Gasteiger charge is 2.14. The molecule has 0 saturated carbocycles. The van der Waals surface area contributed by atoms with E-state index in [1.807, 2.05) is 19.1 Å². The van der Waals surface area contributed by atoms with E-state index in [1.165, 1.54) is 5.69 Å². The summed E-state index contributed by atoms with van der Waals surface area (Å²) in [7, 11) is 3.54. The molecule has 1 unspecified atom stereocenters. The van der Waals surface area contributed by atoms with Crippen LogP contribution in [0.15, 0.2) is 24.3 Å². The van der Waals surface area contributed by atoms with Crippen molar-refractivity contribution in [2.45, 2.75) is 26.8 Å². The van der Waals surface area contributed by atoms with E-state index in [2.05, 4.69) is 36.2 Å². The minimum absolute atomic E-state index is 0.0767. The van der Waals surface area contributed by atoms with Crippen LogP contribution in [0.4, 0.5) is 11.4 Å². The summed E-state index contributed by atoms with van der Waals surface area (Å²) >= 11 is 0. The normalized spacial score (nSPS) is 11.8. The number of nitrogens with zero attached hydrogens (tertiary/aromatic N) is 2. The Morgan fingerprint density at radius 3 is 2.11 bits per heavy atom. The Hall–Kier alpha value is -1.71. The van der Waals surface area contributed by atoms with Crippen LogP contribution in [0.2, 0.25) is 0 Å². The molecule has 0 aliphatic carbocycles. The Morgan fingerprint density at radius 1 is 1.16 bits per heavy atom. The van der Waals surface area contributed by atoms with Gasteiger partial charge in [-0.15, -0.1) is 0 Å². The van der Waals surface area contributed by atoms with Gasteiger partial charge in [0.15, 0.2) is 0 Å². The summed E-state index contributed by atoms with van der Waals surface area (Å²) in [5.41, 5.74) is 2.18. The minimum Gasteiger partial charge on any atom is -0.374 e. The number of amides is 1. The molecule has 4 nitrogen and oxygen atoms in total. The second kappa shape index (κ2) is 7.02. The predicted molar refractivity (Wildman–Crippen MR) is 81.8 cm³/mol. The fourth-order valence-corrected chi connectivity index (χ4v) is 2.06. The number of hydrogen-bond donors (Lipinski definition) is 1. The van der Waals surface area contributed by atoms with Crippen LogP contribution in [0.1, 0.15) is 20.8 Å². The van der Waals surface area contributed by atoms with E-state index in [1.54, 1.807) is 19.0 Å². The molecule has 1 atom stereocenters. The van der Waals surface area contributed by atoms with Crippen molar-refractivity contribution in [2.24, 2.45) is 0 Å². The molecule has 1 aromatic carbocycles. The smallest absolute Gasteiger partial charge is 0.244 e. The lowest BCUT2D eigenvalue weighted by Gasteiger charge is -2.22. The van der Waals surface area contributed by atoms with Gasteiger partial charge < -0.3 is 15.1 Å². The van der Waals surface area contributed by atoms with Gasteiger partial charge in [-0.3, -0.25) is 4.79 Å². The monoisotopic (exact) mass is 263 g/mol. The Balaban J connectivity index is 2.69. The second-order valence-corrected chi connectivity index (χ2v) is 4.82. The van der Waals surface area contributed by atoms with E-state index >= 15 is 0 Å². The van der Waals surface area contributed by atoms with E-state index in [-0.39, 0.29) is 11.9 Å². The van der Waals surface area contributed by atoms with Crippen LogP contribution in [-0.4, -0.2) is 44.0 Å². The first-order chi connectivity index (χ1) is 8.99. The number of nitrogens with one attached hydrogen (secondary N) is 1. The van der Waals surface area contributed by atoms with Gasteiger partial charge in [-0.25, -0.2) is 0 Å². The average Bonchev–Trinajstić information content (AvgIpc) is 2.41. The quantitative estimate of drug-likeness (QED) is 0.856. The van der Waals surface area contributed by atoms with Gasteiger partial charge in [-0.2, -0.15) is 0 Å². The zero-order chi connectivity index (χ0) is 14.4. The third kappa shape index (κ3) is 4.16. The van der Waals surface area contributed by atoms with Gasteiger partial charge in [0.2, 0.25) is 5.91 Å². The van der Waals surface area contributed by atoms with Crippen LogP contribution in [0, 0.1) is 0 Å². The topological polar surface area (TPSA) is 35.6 Å². The maximum atomic E-state index is 11.8. The molecular weight excluding hydrogens is 238 g/mol. The molecule has 0 bridgehead atoms. The van der Waals surface area contributed by atoms with E-state index in [0.29, 0.717) is 0 Å². The standard InChI is InChI=1S/C15H25N3O/c1-6-18(7-2)14-10-8-13(9-11-14)16-12(3)15(19)17(4)5/h8-12,16H,6-7H2,1-5H3. The summed E-state index contributed by atoms with van der Waals surface area (Å²) in [6, 6.07) is 8.00. The molecule has 0 fully saturated rings. The van der Waals surface area contributed by atoms with Gasteiger partial charge in [0.05, 0.1) is 0 Å². The zero-order valence-corrected chi connectivity index (χ0v) is 12.6. The maximum absolute atomic E-state index is 11.8. The number of anilines is 2. The fraction of sp³-hybridized carbons (Fsp3) is 0.533. The van der Waals surface area contributed by atoms with E-state index in [4.69, 9.17) is 0 Å². The average molecular weight is 263 g/mol. The molecule has 0 heterocycles. The molecule has 0 radical (unpaired) electrons. The van der Waals surface area contributed by atoms with Gasteiger partial charge in [-0.05, 0) is 45.0 Å². The van der Waals surface area contributed by atoms with Gasteiger partial charge in [0.25, 0.3) is 0 Å². The SMILES string of the molecule is CCN(CC)c1ccc(NC(C)C(=O)N(C)C)cc1. The Morgan fingerprint density at radius 2 is 1.68 bits per heavy atom. The number of carbonyl (C=O) groups is 1. The highest BCUT2D eigenvalue weighted by atomic mass is 16.2. The third-order valence-electron chi connectivity index (χ3n) is 3.19. The van der Waals surface area contributed by atoms with Crippen molar-refractivity contribution < 1.29 is 4.79 Å².